The van der Waals surface area contributed by atoms with Crippen molar-refractivity contribution in [2.75, 3.05) is 6.54 Å². The average molecular weight is 362 g/mol. The summed E-state index contributed by atoms with van der Waals surface area (Å²) in [6, 6.07) is 6.61. The normalized spacial score (nSPS) is 17.1. The van der Waals surface area contributed by atoms with E-state index in [1.54, 1.807) is 16.8 Å². The van der Waals surface area contributed by atoms with E-state index < -0.39 is 12.0 Å². The summed E-state index contributed by atoms with van der Waals surface area (Å²) < 4.78 is 1.78. The number of rotatable bonds is 4. The Morgan fingerprint density at radius 1 is 1.28 bits per heavy atom. The van der Waals surface area contributed by atoms with Gasteiger partial charge >= 0.3 is 5.97 Å². The minimum Gasteiger partial charge on any atom is -0.480 e. The van der Waals surface area contributed by atoms with Crippen LogP contribution < -0.4 is 0 Å². The number of carboxylic acid groups (broad SMARTS) is 1. The van der Waals surface area contributed by atoms with Crippen LogP contribution in [0.5, 0.6) is 0 Å². The van der Waals surface area contributed by atoms with Crippen molar-refractivity contribution in [3.05, 3.63) is 46.2 Å². The molecule has 0 spiro atoms. The Labute approximate surface area is 151 Å². The molecule has 0 saturated carbocycles. The third-order valence-electron chi connectivity index (χ3n) is 4.70. The van der Waals surface area contributed by atoms with Gasteiger partial charge in [0.05, 0.1) is 17.8 Å². The van der Waals surface area contributed by atoms with Crippen molar-refractivity contribution in [1.82, 2.24) is 14.7 Å². The third-order valence-corrected chi connectivity index (χ3v) is 4.95. The molecule has 1 aromatic carbocycles. The van der Waals surface area contributed by atoms with Gasteiger partial charge in [0.15, 0.2) is 0 Å². The Balaban J connectivity index is 1.85. The highest BCUT2D eigenvalue weighted by Crippen LogP contribution is 2.23. The van der Waals surface area contributed by atoms with Crippen LogP contribution in [0, 0.1) is 13.8 Å². The molecule has 1 N–H and O–H groups in total. The highest BCUT2D eigenvalue weighted by atomic mass is 35.5. The Hall–Kier alpha value is -2.34. The summed E-state index contributed by atoms with van der Waals surface area (Å²) in [5.74, 6) is -1.09. The molecule has 3 rings (SSSR count). The second-order valence-corrected chi connectivity index (χ2v) is 6.73. The first-order valence-electron chi connectivity index (χ1n) is 8.22. The maximum atomic E-state index is 12.6. The lowest BCUT2D eigenvalue weighted by Gasteiger charge is -2.21. The number of carbonyl (C=O) groups excluding carboxylic acids is 1. The summed E-state index contributed by atoms with van der Waals surface area (Å²) in [7, 11) is 0. The minimum absolute atomic E-state index is 0.160. The molecule has 1 aliphatic heterocycles. The first-order valence-corrected chi connectivity index (χ1v) is 8.59. The number of benzene rings is 1. The second kappa shape index (κ2) is 6.88. The number of nitrogens with zero attached hydrogens (tertiary/aromatic N) is 3. The van der Waals surface area contributed by atoms with E-state index in [2.05, 4.69) is 5.10 Å². The number of carboxylic acids is 1. The van der Waals surface area contributed by atoms with Crippen LogP contribution in [-0.4, -0.2) is 44.3 Å². The lowest BCUT2D eigenvalue weighted by Crippen LogP contribution is -2.41. The van der Waals surface area contributed by atoms with Crippen molar-refractivity contribution < 1.29 is 14.7 Å². The van der Waals surface area contributed by atoms with Gasteiger partial charge < -0.3 is 10.0 Å². The number of aliphatic carboxylic acids is 1. The first kappa shape index (κ1) is 17.5. The molecule has 2 aromatic rings. The van der Waals surface area contributed by atoms with E-state index in [4.69, 9.17) is 11.6 Å². The highest BCUT2D eigenvalue weighted by molar-refractivity contribution is 6.30. The van der Waals surface area contributed by atoms with Crippen LogP contribution >= 0.6 is 11.6 Å². The molecule has 0 aliphatic carbocycles. The van der Waals surface area contributed by atoms with Crippen LogP contribution in [0.2, 0.25) is 5.02 Å². The van der Waals surface area contributed by atoms with Gasteiger partial charge in [-0.05, 0) is 51.0 Å². The molecule has 1 atom stereocenters. The predicted molar refractivity (Wildman–Crippen MR) is 94.1 cm³/mol. The molecule has 1 amide bonds. The summed E-state index contributed by atoms with van der Waals surface area (Å²) in [5, 5.41) is 14.4. The molecule has 0 radical (unpaired) electrons. The van der Waals surface area contributed by atoms with Crippen molar-refractivity contribution in [2.45, 2.75) is 39.2 Å². The third kappa shape index (κ3) is 3.39. The SMILES string of the molecule is Cc1nn(-c2ccc(Cl)cc2)c(C)c1CC(=O)N1CCC[C@H]1C(=O)O. The van der Waals surface area contributed by atoms with Gasteiger partial charge in [-0.3, -0.25) is 4.79 Å². The molecule has 2 heterocycles. The lowest BCUT2D eigenvalue weighted by molar-refractivity contribution is -0.148. The quantitative estimate of drug-likeness (QED) is 0.908. The van der Waals surface area contributed by atoms with Crippen LogP contribution in [0.4, 0.5) is 0 Å². The molecule has 1 aliphatic rings. The van der Waals surface area contributed by atoms with Gasteiger partial charge in [-0.15, -0.1) is 0 Å². The molecule has 1 saturated heterocycles. The number of amides is 1. The van der Waals surface area contributed by atoms with Gasteiger partial charge in [0.2, 0.25) is 5.91 Å². The largest absolute Gasteiger partial charge is 0.480 e. The van der Waals surface area contributed by atoms with Crippen LogP contribution in [0.1, 0.15) is 29.8 Å². The number of hydrogen-bond donors (Lipinski definition) is 1. The van der Waals surface area contributed by atoms with Crippen molar-refractivity contribution in [1.29, 1.82) is 0 Å². The summed E-state index contributed by atoms with van der Waals surface area (Å²) in [6.07, 6.45) is 1.41. The van der Waals surface area contributed by atoms with Crippen molar-refractivity contribution in [3.63, 3.8) is 0 Å². The van der Waals surface area contributed by atoms with Gasteiger partial charge in [-0.2, -0.15) is 5.10 Å². The summed E-state index contributed by atoms with van der Waals surface area (Å²) >= 11 is 5.93. The highest BCUT2D eigenvalue weighted by Gasteiger charge is 2.34. The Kier molecular flexibility index (Phi) is 4.81. The molecular formula is C18H20ClN3O3. The Morgan fingerprint density at radius 3 is 2.60 bits per heavy atom. The van der Waals surface area contributed by atoms with Crippen molar-refractivity contribution in [2.24, 2.45) is 0 Å². The number of carbonyl (C=O) groups is 2. The summed E-state index contributed by atoms with van der Waals surface area (Å²) in [5.41, 5.74) is 3.36. The molecule has 25 heavy (non-hydrogen) atoms. The van der Waals surface area contributed by atoms with Gasteiger partial charge in [0.25, 0.3) is 0 Å². The number of aryl methyl sites for hydroxylation is 1. The molecule has 7 heteroatoms. The number of halogens is 1. The maximum absolute atomic E-state index is 12.6. The Bertz CT molecular complexity index is 814. The van der Waals surface area contributed by atoms with Crippen LogP contribution in [-0.2, 0) is 16.0 Å². The number of aromatic nitrogens is 2. The molecule has 6 nitrogen and oxygen atoms in total. The van der Waals surface area contributed by atoms with Crippen LogP contribution in [0.25, 0.3) is 5.69 Å². The summed E-state index contributed by atoms with van der Waals surface area (Å²) in [4.78, 5) is 25.4. The second-order valence-electron chi connectivity index (χ2n) is 6.30. The van der Waals surface area contributed by atoms with Crippen LogP contribution in [0.3, 0.4) is 0 Å². The molecule has 1 fully saturated rings. The summed E-state index contributed by atoms with van der Waals surface area (Å²) in [6.45, 7) is 4.27. The van der Waals surface area contributed by atoms with Gasteiger partial charge in [0.1, 0.15) is 6.04 Å². The molecular weight excluding hydrogens is 342 g/mol. The number of likely N-dealkylation sites (tertiary alicyclic amines) is 1. The lowest BCUT2D eigenvalue weighted by atomic mass is 10.1. The smallest absolute Gasteiger partial charge is 0.326 e. The maximum Gasteiger partial charge on any atom is 0.326 e. The fourth-order valence-corrected chi connectivity index (χ4v) is 3.47. The van der Waals surface area contributed by atoms with Crippen molar-refractivity contribution in [3.8, 4) is 5.69 Å². The molecule has 1 aromatic heterocycles. The fourth-order valence-electron chi connectivity index (χ4n) is 3.34. The van der Waals surface area contributed by atoms with E-state index in [-0.39, 0.29) is 12.3 Å². The molecule has 132 valence electrons. The fraction of sp³-hybridized carbons (Fsp3) is 0.389. The van der Waals surface area contributed by atoms with E-state index in [0.717, 1.165) is 29.1 Å². The molecule has 0 bridgehead atoms. The first-order chi connectivity index (χ1) is 11.9. The Morgan fingerprint density at radius 2 is 1.96 bits per heavy atom. The zero-order valence-corrected chi connectivity index (χ0v) is 15.0. The predicted octanol–water partition coefficient (Wildman–Crippen LogP) is 2.76. The topological polar surface area (TPSA) is 75.4 Å². The zero-order chi connectivity index (χ0) is 18.1. The van der Waals surface area contributed by atoms with E-state index in [1.165, 1.54) is 4.90 Å². The van der Waals surface area contributed by atoms with Crippen LogP contribution in [0.15, 0.2) is 24.3 Å². The monoisotopic (exact) mass is 361 g/mol. The van der Waals surface area contributed by atoms with Gasteiger partial charge in [-0.1, -0.05) is 11.6 Å². The van der Waals surface area contributed by atoms with Gasteiger partial charge in [0, 0.05) is 22.8 Å². The van der Waals surface area contributed by atoms with E-state index >= 15 is 0 Å². The van der Waals surface area contributed by atoms with Crippen molar-refractivity contribution >= 4 is 23.5 Å². The van der Waals surface area contributed by atoms with E-state index in [9.17, 15) is 14.7 Å². The zero-order valence-electron chi connectivity index (χ0n) is 14.2. The minimum atomic E-state index is -0.934. The molecule has 0 unspecified atom stereocenters. The number of hydrogen-bond acceptors (Lipinski definition) is 3. The van der Waals surface area contributed by atoms with E-state index in [1.807, 2.05) is 26.0 Å². The van der Waals surface area contributed by atoms with E-state index in [0.29, 0.717) is 18.0 Å². The van der Waals surface area contributed by atoms with Gasteiger partial charge in [-0.25, -0.2) is 9.48 Å². The standard InChI is InChI=1S/C18H20ClN3O3/c1-11-15(10-17(23)21-9-3-4-16(21)18(24)25)12(2)22(20-11)14-7-5-13(19)6-8-14/h5-8,16H,3-4,9-10H2,1-2H3,(H,24,25)/t16-/m0/s1. The average Bonchev–Trinajstić information content (AvgIpc) is 3.16.